The summed E-state index contributed by atoms with van der Waals surface area (Å²) in [6, 6.07) is 4.03. The number of sulfonamides is 1. The Labute approximate surface area is 109 Å². The number of halogens is 3. The van der Waals surface area contributed by atoms with Crippen LogP contribution in [0, 0.1) is 0 Å². The smallest absolute Gasteiger partial charge is 0.207 e. The van der Waals surface area contributed by atoms with Gasteiger partial charge in [-0.1, -0.05) is 41.4 Å². The van der Waals surface area contributed by atoms with Gasteiger partial charge in [0.2, 0.25) is 10.0 Å². The van der Waals surface area contributed by atoms with Crippen LogP contribution >= 0.6 is 34.8 Å². The highest BCUT2D eigenvalue weighted by molar-refractivity contribution is 7.89. The molecule has 0 saturated carbocycles. The molecule has 0 aliphatic carbocycles. The van der Waals surface area contributed by atoms with Gasteiger partial charge in [-0.05, 0) is 18.2 Å². The van der Waals surface area contributed by atoms with Crippen molar-refractivity contribution in [2.45, 2.75) is 4.90 Å². The van der Waals surface area contributed by atoms with Gasteiger partial charge < -0.3 is 0 Å². The number of rotatable bonds is 4. The zero-order valence-electron chi connectivity index (χ0n) is 8.00. The van der Waals surface area contributed by atoms with E-state index in [-0.39, 0.29) is 21.5 Å². The summed E-state index contributed by atoms with van der Waals surface area (Å²) >= 11 is 16.8. The molecule has 1 aromatic rings. The topological polar surface area (TPSA) is 46.2 Å². The van der Waals surface area contributed by atoms with E-state index in [9.17, 15) is 8.42 Å². The molecule has 0 saturated heterocycles. The van der Waals surface area contributed by atoms with E-state index < -0.39 is 10.0 Å². The van der Waals surface area contributed by atoms with E-state index in [1.807, 2.05) is 0 Å². The van der Waals surface area contributed by atoms with Crippen molar-refractivity contribution in [1.29, 1.82) is 0 Å². The van der Waals surface area contributed by atoms with E-state index in [0.29, 0.717) is 5.02 Å². The van der Waals surface area contributed by atoms with Crippen molar-refractivity contribution >= 4 is 44.8 Å². The summed E-state index contributed by atoms with van der Waals surface area (Å²) in [6.07, 6.45) is 0. The van der Waals surface area contributed by atoms with Gasteiger partial charge in [0.15, 0.2) is 0 Å². The number of hydrogen-bond acceptors (Lipinski definition) is 2. The molecule has 0 spiro atoms. The van der Waals surface area contributed by atoms with Crippen LogP contribution in [0.25, 0.3) is 0 Å². The second kappa shape index (κ2) is 5.38. The van der Waals surface area contributed by atoms with E-state index in [1.54, 1.807) is 0 Å². The third kappa shape index (κ3) is 3.64. The summed E-state index contributed by atoms with van der Waals surface area (Å²) in [4.78, 5) is 0.0276. The molecule has 3 nitrogen and oxygen atoms in total. The van der Waals surface area contributed by atoms with E-state index in [2.05, 4.69) is 11.3 Å². The average molecular weight is 301 g/mol. The SMILES string of the molecule is C=C(Cl)CNS(=O)(=O)c1ccc(Cl)c(Cl)c1. The summed E-state index contributed by atoms with van der Waals surface area (Å²) in [5.41, 5.74) is 0. The van der Waals surface area contributed by atoms with Crippen molar-refractivity contribution in [1.82, 2.24) is 4.72 Å². The van der Waals surface area contributed by atoms with Crippen molar-refractivity contribution in [2.75, 3.05) is 6.54 Å². The second-order valence-corrected chi connectivity index (χ2v) is 6.03. The van der Waals surface area contributed by atoms with Gasteiger partial charge in [0.05, 0.1) is 14.9 Å². The molecular weight excluding hydrogens is 293 g/mol. The van der Waals surface area contributed by atoms with Gasteiger partial charge in [-0.25, -0.2) is 13.1 Å². The van der Waals surface area contributed by atoms with Crippen molar-refractivity contribution in [3.8, 4) is 0 Å². The predicted octanol–water partition coefficient (Wildman–Crippen LogP) is 3.02. The molecule has 1 aromatic carbocycles. The average Bonchev–Trinajstić information content (AvgIpc) is 2.19. The lowest BCUT2D eigenvalue weighted by Gasteiger charge is -2.06. The summed E-state index contributed by atoms with van der Waals surface area (Å²) in [7, 11) is -3.63. The predicted molar refractivity (Wildman–Crippen MR) is 66.6 cm³/mol. The van der Waals surface area contributed by atoms with E-state index in [4.69, 9.17) is 34.8 Å². The molecular formula is C9H8Cl3NO2S. The maximum absolute atomic E-state index is 11.7. The number of hydrogen-bond donors (Lipinski definition) is 1. The molecule has 0 radical (unpaired) electrons. The van der Waals surface area contributed by atoms with E-state index in [1.165, 1.54) is 18.2 Å². The third-order valence-corrected chi connectivity index (χ3v) is 3.93. The van der Waals surface area contributed by atoms with Gasteiger partial charge in [0, 0.05) is 11.6 Å². The molecule has 0 unspecified atom stereocenters. The molecule has 88 valence electrons. The van der Waals surface area contributed by atoms with Crippen molar-refractivity contribution in [3.05, 3.63) is 39.9 Å². The normalized spacial score (nSPS) is 11.4. The van der Waals surface area contributed by atoms with Crippen LogP contribution in [0.3, 0.4) is 0 Å². The highest BCUT2D eigenvalue weighted by Gasteiger charge is 2.14. The van der Waals surface area contributed by atoms with Gasteiger partial charge in [0.1, 0.15) is 0 Å². The van der Waals surface area contributed by atoms with E-state index >= 15 is 0 Å². The van der Waals surface area contributed by atoms with Gasteiger partial charge in [-0.3, -0.25) is 0 Å². The van der Waals surface area contributed by atoms with Crippen LogP contribution in [0.4, 0.5) is 0 Å². The van der Waals surface area contributed by atoms with Gasteiger partial charge in [0.25, 0.3) is 0 Å². The molecule has 1 N–H and O–H groups in total. The molecule has 0 atom stereocenters. The number of benzene rings is 1. The van der Waals surface area contributed by atoms with Crippen molar-refractivity contribution in [2.24, 2.45) is 0 Å². The molecule has 0 aromatic heterocycles. The standard InChI is InChI=1S/C9H8Cl3NO2S/c1-6(10)5-13-16(14,15)7-2-3-8(11)9(12)4-7/h2-4,13H,1,5H2. The monoisotopic (exact) mass is 299 g/mol. The Morgan fingerprint density at radius 2 is 1.94 bits per heavy atom. The molecule has 0 heterocycles. The maximum atomic E-state index is 11.7. The zero-order chi connectivity index (χ0) is 12.3. The first-order chi connectivity index (χ1) is 7.33. The Morgan fingerprint density at radius 1 is 1.31 bits per heavy atom. The van der Waals surface area contributed by atoms with Crippen LogP contribution in [-0.2, 0) is 10.0 Å². The quantitative estimate of drug-likeness (QED) is 0.929. The molecule has 0 aliphatic heterocycles. The van der Waals surface area contributed by atoms with Crippen molar-refractivity contribution < 1.29 is 8.42 Å². The molecule has 0 fully saturated rings. The molecule has 0 bridgehead atoms. The molecule has 1 rings (SSSR count). The fraction of sp³-hybridized carbons (Fsp3) is 0.111. The van der Waals surface area contributed by atoms with E-state index in [0.717, 1.165) is 0 Å². The lowest BCUT2D eigenvalue weighted by molar-refractivity contribution is 0.585. The lowest BCUT2D eigenvalue weighted by Crippen LogP contribution is -2.24. The first-order valence-corrected chi connectivity index (χ1v) is 6.72. The van der Waals surface area contributed by atoms with Crippen molar-refractivity contribution in [3.63, 3.8) is 0 Å². The summed E-state index contributed by atoms with van der Waals surface area (Å²) in [5, 5.41) is 0.667. The Hall–Kier alpha value is -0.260. The number of nitrogens with one attached hydrogen (secondary N) is 1. The van der Waals surface area contributed by atoms with Crippen LogP contribution < -0.4 is 4.72 Å². The summed E-state index contributed by atoms with van der Waals surface area (Å²) in [5.74, 6) is 0. The van der Waals surface area contributed by atoms with Crippen LogP contribution in [-0.4, -0.2) is 15.0 Å². The Kier molecular flexibility index (Phi) is 4.64. The third-order valence-electron chi connectivity index (χ3n) is 1.66. The zero-order valence-corrected chi connectivity index (χ0v) is 11.1. The minimum Gasteiger partial charge on any atom is -0.207 e. The van der Waals surface area contributed by atoms with Gasteiger partial charge in [-0.2, -0.15) is 0 Å². The minimum absolute atomic E-state index is 0.0276. The molecule has 7 heteroatoms. The Morgan fingerprint density at radius 3 is 2.44 bits per heavy atom. The second-order valence-electron chi connectivity index (χ2n) is 2.92. The lowest BCUT2D eigenvalue weighted by atomic mass is 10.4. The molecule has 16 heavy (non-hydrogen) atoms. The van der Waals surface area contributed by atoms with Crippen LogP contribution in [0.5, 0.6) is 0 Å². The van der Waals surface area contributed by atoms with Crippen LogP contribution in [0.1, 0.15) is 0 Å². The highest BCUT2D eigenvalue weighted by Crippen LogP contribution is 2.24. The fourth-order valence-electron chi connectivity index (χ4n) is 0.901. The van der Waals surface area contributed by atoms with Crippen LogP contribution in [0.2, 0.25) is 10.0 Å². The summed E-state index contributed by atoms with van der Waals surface area (Å²) < 4.78 is 25.6. The Balaban J connectivity index is 2.99. The molecule has 0 aliphatic rings. The fourth-order valence-corrected chi connectivity index (χ4v) is 2.46. The van der Waals surface area contributed by atoms with Gasteiger partial charge >= 0.3 is 0 Å². The van der Waals surface area contributed by atoms with Crippen LogP contribution in [0.15, 0.2) is 34.7 Å². The summed E-state index contributed by atoms with van der Waals surface area (Å²) in [6.45, 7) is 3.34. The largest absolute Gasteiger partial charge is 0.240 e. The minimum atomic E-state index is -3.63. The maximum Gasteiger partial charge on any atom is 0.240 e. The first-order valence-electron chi connectivity index (χ1n) is 4.11. The van der Waals surface area contributed by atoms with Gasteiger partial charge in [-0.15, -0.1) is 0 Å². The molecule has 0 amide bonds. The Bertz CT molecular complexity index is 513. The highest BCUT2D eigenvalue weighted by atomic mass is 35.5. The first kappa shape index (κ1) is 13.8.